The van der Waals surface area contributed by atoms with E-state index in [9.17, 15) is 26.0 Å². The number of halogens is 5. The summed E-state index contributed by atoms with van der Waals surface area (Å²) in [4.78, 5) is -0.853. The number of alkyl halides is 3. The molecule has 0 bridgehead atoms. The average Bonchev–Trinajstić information content (AvgIpc) is 2.36. The second-order valence-corrected chi connectivity index (χ2v) is 6.06. The predicted molar refractivity (Wildman–Crippen MR) is 70.7 cm³/mol. The molecule has 0 aliphatic heterocycles. The highest BCUT2D eigenvalue weighted by molar-refractivity contribution is 7.87. The van der Waals surface area contributed by atoms with E-state index in [4.69, 9.17) is 11.6 Å². The van der Waals surface area contributed by atoms with Crippen LogP contribution in [0, 0.1) is 5.82 Å². The van der Waals surface area contributed by atoms with E-state index in [1.165, 1.54) is 6.07 Å². The Morgan fingerprint density at radius 1 is 1.05 bits per heavy atom. The van der Waals surface area contributed by atoms with Crippen LogP contribution in [0.4, 0.5) is 17.6 Å². The predicted octanol–water partition coefficient (Wildman–Crippen LogP) is 4.27. The van der Waals surface area contributed by atoms with Crippen molar-refractivity contribution in [3.63, 3.8) is 0 Å². The zero-order chi connectivity index (χ0) is 16.5. The number of hydrogen-bond donors (Lipinski definition) is 0. The van der Waals surface area contributed by atoms with Crippen LogP contribution >= 0.6 is 11.6 Å². The highest BCUT2D eigenvalue weighted by atomic mass is 35.5. The van der Waals surface area contributed by atoms with Gasteiger partial charge in [-0.1, -0.05) is 17.7 Å². The van der Waals surface area contributed by atoms with Gasteiger partial charge in [-0.25, -0.2) is 4.39 Å². The van der Waals surface area contributed by atoms with Gasteiger partial charge in [-0.3, -0.25) is 0 Å². The molecule has 3 nitrogen and oxygen atoms in total. The van der Waals surface area contributed by atoms with Crippen molar-refractivity contribution in [1.82, 2.24) is 0 Å². The van der Waals surface area contributed by atoms with Gasteiger partial charge in [-0.15, -0.1) is 0 Å². The summed E-state index contributed by atoms with van der Waals surface area (Å²) in [7, 11) is -4.64. The zero-order valence-electron chi connectivity index (χ0n) is 10.6. The Morgan fingerprint density at radius 3 is 2.32 bits per heavy atom. The van der Waals surface area contributed by atoms with E-state index in [1.54, 1.807) is 0 Å². The molecule has 118 valence electrons. The van der Waals surface area contributed by atoms with E-state index in [0.717, 1.165) is 24.3 Å². The van der Waals surface area contributed by atoms with Crippen LogP contribution in [0.2, 0.25) is 5.02 Å². The van der Waals surface area contributed by atoms with Crippen LogP contribution in [0.15, 0.2) is 47.4 Å². The van der Waals surface area contributed by atoms with Crippen LogP contribution in [-0.2, 0) is 16.3 Å². The van der Waals surface area contributed by atoms with Crippen molar-refractivity contribution in [1.29, 1.82) is 0 Å². The Balaban J connectivity index is 2.45. The lowest BCUT2D eigenvalue weighted by molar-refractivity contribution is -0.137. The van der Waals surface area contributed by atoms with Crippen molar-refractivity contribution in [2.24, 2.45) is 0 Å². The second kappa shape index (κ2) is 5.77. The van der Waals surface area contributed by atoms with Crippen LogP contribution in [0.25, 0.3) is 0 Å². The third-order valence-corrected chi connectivity index (χ3v) is 4.26. The van der Waals surface area contributed by atoms with Gasteiger partial charge in [0.05, 0.1) is 10.6 Å². The fourth-order valence-corrected chi connectivity index (χ4v) is 2.99. The molecule has 0 aromatic heterocycles. The molecule has 0 saturated heterocycles. The van der Waals surface area contributed by atoms with E-state index in [-0.39, 0.29) is 5.75 Å². The summed E-state index contributed by atoms with van der Waals surface area (Å²) in [6.45, 7) is 0. The minimum Gasteiger partial charge on any atom is -0.379 e. The molecule has 0 heterocycles. The van der Waals surface area contributed by atoms with Gasteiger partial charge in [0.1, 0.15) is 16.5 Å². The molecule has 0 spiro atoms. The standard InChI is InChI=1S/C13H7ClF4O3S/c14-11-5-4-8(13(16,17)18)6-12(11)22(19,20)21-10-3-1-2-9(15)7-10/h1-7H. The number of benzene rings is 2. The quantitative estimate of drug-likeness (QED) is 0.611. The molecular weight excluding hydrogens is 348 g/mol. The van der Waals surface area contributed by atoms with E-state index in [1.807, 2.05) is 0 Å². The summed E-state index contributed by atoms with van der Waals surface area (Å²) in [6.07, 6.45) is -4.74. The lowest BCUT2D eigenvalue weighted by Crippen LogP contribution is -2.13. The van der Waals surface area contributed by atoms with Gasteiger partial charge < -0.3 is 4.18 Å². The van der Waals surface area contributed by atoms with Crippen LogP contribution in [0.1, 0.15) is 5.56 Å². The second-order valence-electron chi connectivity index (χ2n) is 4.14. The van der Waals surface area contributed by atoms with Gasteiger partial charge in [-0.05, 0) is 30.3 Å². The molecule has 0 N–H and O–H groups in total. The smallest absolute Gasteiger partial charge is 0.379 e. The normalized spacial score (nSPS) is 12.2. The summed E-state index contributed by atoms with van der Waals surface area (Å²) in [5, 5.41) is -0.440. The van der Waals surface area contributed by atoms with Crippen LogP contribution in [0.3, 0.4) is 0 Å². The molecular formula is C13H7ClF4O3S. The Labute approximate surface area is 128 Å². The topological polar surface area (TPSA) is 43.4 Å². The molecule has 0 aliphatic carbocycles. The summed E-state index contributed by atoms with van der Waals surface area (Å²) >= 11 is 5.63. The summed E-state index contributed by atoms with van der Waals surface area (Å²) in [5.74, 6) is -1.14. The number of rotatable bonds is 3. The molecule has 0 fully saturated rings. The van der Waals surface area contributed by atoms with Crippen LogP contribution < -0.4 is 4.18 Å². The summed E-state index contributed by atoms with van der Waals surface area (Å²) in [6, 6.07) is 5.96. The molecule has 22 heavy (non-hydrogen) atoms. The van der Waals surface area contributed by atoms with Gasteiger partial charge in [0.2, 0.25) is 0 Å². The monoisotopic (exact) mass is 354 g/mol. The van der Waals surface area contributed by atoms with Crippen LogP contribution in [-0.4, -0.2) is 8.42 Å². The van der Waals surface area contributed by atoms with Gasteiger partial charge in [-0.2, -0.15) is 21.6 Å². The minimum absolute atomic E-state index is 0.358. The number of hydrogen-bond acceptors (Lipinski definition) is 3. The molecule has 2 aromatic carbocycles. The average molecular weight is 355 g/mol. The van der Waals surface area contributed by atoms with Crippen molar-refractivity contribution >= 4 is 21.7 Å². The summed E-state index contributed by atoms with van der Waals surface area (Å²) < 4.78 is 79.5. The van der Waals surface area contributed by atoms with Gasteiger partial charge in [0.25, 0.3) is 0 Å². The van der Waals surface area contributed by atoms with E-state index in [0.29, 0.717) is 12.1 Å². The van der Waals surface area contributed by atoms with E-state index in [2.05, 4.69) is 4.18 Å². The first-order valence-electron chi connectivity index (χ1n) is 5.66. The minimum atomic E-state index is -4.74. The molecule has 0 aliphatic rings. The van der Waals surface area contributed by atoms with Crippen molar-refractivity contribution < 1.29 is 30.2 Å². The Bertz CT molecular complexity index is 803. The van der Waals surface area contributed by atoms with Gasteiger partial charge in [0.15, 0.2) is 0 Å². The van der Waals surface area contributed by atoms with Crippen molar-refractivity contribution in [3.05, 3.63) is 58.9 Å². The molecule has 0 atom stereocenters. The molecule has 2 rings (SSSR count). The fourth-order valence-electron chi connectivity index (χ4n) is 1.56. The maximum absolute atomic E-state index is 13.0. The highest BCUT2D eigenvalue weighted by Crippen LogP contribution is 2.34. The maximum atomic E-state index is 13.0. The SMILES string of the molecule is O=S(=O)(Oc1cccc(F)c1)c1cc(C(F)(F)F)ccc1Cl. The third-order valence-electron chi connectivity index (χ3n) is 2.53. The van der Waals surface area contributed by atoms with Crippen molar-refractivity contribution in [3.8, 4) is 5.75 Å². The van der Waals surface area contributed by atoms with Gasteiger partial charge in [0, 0.05) is 6.07 Å². The van der Waals surface area contributed by atoms with Crippen molar-refractivity contribution in [2.75, 3.05) is 0 Å². The molecule has 0 saturated carbocycles. The fraction of sp³-hybridized carbons (Fsp3) is 0.0769. The largest absolute Gasteiger partial charge is 0.416 e. The molecule has 2 aromatic rings. The first kappa shape index (κ1) is 16.6. The zero-order valence-corrected chi connectivity index (χ0v) is 12.1. The Morgan fingerprint density at radius 2 is 1.73 bits per heavy atom. The van der Waals surface area contributed by atoms with E-state index >= 15 is 0 Å². The van der Waals surface area contributed by atoms with Crippen molar-refractivity contribution in [2.45, 2.75) is 11.1 Å². The molecule has 9 heteroatoms. The Hall–Kier alpha value is -1.80. The maximum Gasteiger partial charge on any atom is 0.416 e. The lowest BCUT2D eigenvalue weighted by Gasteiger charge is -2.11. The lowest BCUT2D eigenvalue weighted by atomic mass is 10.2. The van der Waals surface area contributed by atoms with Gasteiger partial charge >= 0.3 is 16.3 Å². The molecule has 0 radical (unpaired) electrons. The summed E-state index contributed by atoms with van der Waals surface area (Å²) in [5.41, 5.74) is -1.20. The molecule has 0 unspecified atom stereocenters. The first-order valence-corrected chi connectivity index (χ1v) is 7.45. The third kappa shape index (κ3) is 3.69. The first-order chi connectivity index (χ1) is 10.1. The Kier molecular flexibility index (Phi) is 4.35. The van der Waals surface area contributed by atoms with E-state index < -0.39 is 37.6 Å². The highest BCUT2D eigenvalue weighted by Gasteiger charge is 2.33. The molecule has 0 amide bonds. The van der Waals surface area contributed by atoms with Crippen LogP contribution in [0.5, 0.6) is 5.75 Å².